The number of rotatable bonds is 11. The minimum absolute atomic E-state index is 0.0649. The topological polar surface area (TPSA) is 96.9 Å². The van der Waals surface area contributed by atoms with E-state index < -0.39 is 39.5 Å². The van der Waals surface area contributed by atoms with E-state index in [0.29, 0.717) is 17.8 Å². The molecule has 1 N–H and O–H groups in total. The number of anilines is 1. The highest BCUT2D eigenvalue weighted by Gasteiger charge is 2.37. The summed E-state index contributed by atoms with van der Waals surface area (Å²) in [6.45, 7) is 1.14. The van der Waals surface area contributed by atoms with Crippen LogP contribution in [0, 0.1) is 0 Å². The van der Waals surface area contributed by atoms with Gasteiger partial charge in [-0.2, -0.15) is 26.3 Å². The quantitative estimate of drug-likeness (QED) is 0.353. The van der Waals surface area contributed by atoms with Gasteiger partial charge in [0.15, 0.2) is 15.6 Å². The van der Waals surface area contributed by atoms with Crippen LogP contribution in [0.5, 0.6) is 5.75 Å². The number of halogens is 6. The fourth-order valence-electron chi connectivity index (χ4n) is 4.77. The molecule has 43 heavy (non-hydrogen) atoms. The fourth-order valence-corrected chi connectivity index (χ4v) is 5.15. The lowest BCUT2D eigenvalue weighted by atomic mass is 10.0. The lowest BCUT2D eigenvalue weighted by Crippen LogP contribution is -2.41. The first kappa shape index (κ1) is 32.4. The zero-order valence-corrected chi connectivity index (χ0v) is 24.2. The van der Waals surface area contributed by atoms with Crippen LogP contribution >= 0.6 is 0 Å². The molecule has 0 amide bonds. The molecular formula is C27H31F6N5O4S. The van der Waals surface area contributed by atoms with Gasteiger partial charge in [-0.1, -0.05) is 0 Å². The minimum atomic E-state index is -4.97. The molecule has 0 spiro atoms. The summed E-state index contributed by atoms with van der Waals surface area (Å²) in [5.41, 5.74) is -1.66. The molecule has 0 aliphatic carbocycles. The van der Waals surface area contributed by atoms with Crippen molar-refractivity contribution in [1.82, 2.24) is 19.8 Å². The van der Waals surface area contributed by atoms with Gasteiger partial charge in [0.2, 0.25) is 5.95 Å². The SMILES string of the molecule is COC1C=CC(N2CCCC2)=C(CNc2ncc(OCCS(C)(=O)=O)cn2)N1Cc1cc(C(F)(F)F)cc(C(F)(F)F)c1. The molecule has 1 aromatic carbocycles. The van der Waals surface area contributed by atoms with Gasteiger partial charge in [0, 0.05) is 33.0 Å². The molecule has 3 heterocycles. The number of hydrogen-bond donors (Lipinski definition) is 1. The van der Waals surface area contributed by atoms with Gasteiger partial charge in [-0.3, -0.25) is 0 Å². The normalized spacial score (nSPS) is 18.0. The zero-order chi connectivity index (χ0) is 31.4. The summed E-state index contributed by atoms with van der Waals surface area (Å²) in [5.74, 6) is 0.240. The molecule has 4 rings (SSSR count). The summed E-state index contributed by atoms with van der Waals surface area (Å²) in [5, 5.41) is 3.06. The van der Waals surface area contributed by atoms with E-state index in [0.717, 1.165) is 37.9 Å². The highest BCUT2D eigenvalue weighted by atomic mass is 32.2. The second-order valence-electron chi connectivity index (χ2n) is 10.1. The second kappa shape index (κ2) is 13.0. The first-order valence-electron chi connectivity index (χ1n) is 13.2. The Morgan fingerprint density at radius 3 is 2.14 bits per heavy atom. The first-order valence-corrected chi connectivity index (χ1v) is 15.3. The number of hydrogen-bond acceptors (Lipinski definition) is 9. The summed E-state index contributed by atoms with van der Waals surface area (Å²) in [4.78, 5) is 12.1. The third-order valence-corrected chi connectivity index (χ3v) is 7.73. The molecule has 2 aromatic rings. The van der Waals surface area contributed by atoms with E-state index in [-0.39, 0.29) is 48.8 Å². The first-order chi connectivity index (χ1) is 20.1. The predicted octanol–water partition coefficient (Wildman–Crippen LogP) is 4.70. The van der Waals surface area contributed by atoms with Crippen LogP contribution in [-0.2, 0) is 33.5 Å². The van der Waals surface area contributed by atoms with E-state index in [2.05, 4.69) is 20.2 Å². The maximum atomic E-state index is 13.6. The van der Waals surface area contributed by atoms with Crippen LogP contribution < -0.4 is 10.1 Å². The molecule has 2 aliphatic heterocycles. The number of methoxy groups -OCH3 is 1. The van der Waals surface area contributed by atoms with Gasteiger partial charge in [0.05, 0.1) is 47.2 Å². The van der Waals surface area contributed by atoms with E-state index in [9.17, 15) is 34.8 Å². The average Bonchev–Trinajstić information content (AvgIpc) is 3.46. The third-order valence-electron chi connectivity index (χ3n) is 6.82. The molecule has 0 radical (unpaired) electrons. The number of benzene rings is 1. The van der Waals surface area contributed by atoms with Crippen LogP contribution in [-0.4, -0.2) is 79.8 Å². The average molecular weight is 636 g/mol. The Hall–Kier alpha value is -3.53. The van der Waals surface area contributed by atoms with Gasteiger partial charge in [0.1, 0.15) is 12.8 Å². The van der Waals surface area contributed by atoms with Gasteiger partial charge in [-0.15, -0.1) is 0 Å². The van der Waals surface area contributed by atoms with E-state index in [1.54, 1.807) is 11.0 Å². The molecule has 236 valence electrons. The highest BCUT2D eigenvalue weighted by molar-refractivity contribution is 7.90. The molecule has 1 atom stereocenters. The molecular weight excluding hydrogens is 604 g/mol. The molecule has 2 aliphatic rings. The summed E-state index contributed by atoms with van der Waals surface area (Å²) < 4.78 is 115. The van der Waals surface area contributed by atoms with Gasteiger partial charge >= 0.3 is 12.4 Å². The molecule has 16 heteroatoms. The van der Waals surface area contributed by atoms with Crippen LogP contribution in [0.4, 0.5) is 32.3 Å². The minimum Gasteiger partial charge on any atom is -0.489 e. The van der Waals surface area contributed by atoms with Gasteiger partial charge in [-0.25, -0.2) is 18.4 Å². The number of aromatic nitrogens is 2. The Bertz CT molecular complexity index is 1410. The number of allylic oxidation sites excluding steroid dienone is 1. The molecule has 1 fully saturated rings. The monoisotopic (exact) mass is 635 g/mol. The van der Waals surface area contributed by atoms with E-state index in [1.165, 1.54) is 19.5 Å². The maximum absolute atomic E-state index is 13.6. The van der Waals surface area contributed by atoms with Crippen molar-refractivity contribution in [3.8, 4) is 5.75 Å². The molecule has 1 aromatic heterocycles. The fraction of sp³-hybridized carbons (Fsp3) is 0.481. The van der Waals surface area contributed by atoms with Crippen molar-refractivity contribution in [2.75, 3.05) is 50.7 Å². The number of nitrogens with zero attached hydrogens (tertiary/aromatic N) is 4. The van der Waals surface area contributed by atoms with Crippen molar-refractivity contribution in [3.05, 3.63) is 70.8 Å². The van der Waals surface area contributed by atoms with Crippen LogP contribution in [0.25, 0.3) is 0 Å². The van der Waals surface area contributed by atoms with Gasteiger partial charge < -0.3 is 24.6 Å². The van der Waals surface area contributed by atoms with Crippen LogP contribution in [0.3, 0.4) is 0 Å². The van der Waals surface area contributed by atoms with Crippen molar-refractivity contribution >= 4 is 15.8 Å². The largest absolute Gasteiger partial charge is 0.489 e. The standard InChI is InChI=1S/C27H31F6N5O4S/c1-41-24-6-5-22(37-7-3-4-8-37)23(16-36-25-34-14-21(15-35-25)42-9-10-43(2,39)40)38(24)17-18-11-19(26(28,29)30)13-20(12-18)27(31,32)33/h5-6,11-15,24H,3-4,7-10,16-17H2,1-2H3,(H,34,35,36). The lowest BCUT2D eigenvalue weighted by molar-refractivity contribution is -0.143. The Balaban J connectivity index is 1.62. The Labute approximate surface area is 245 Å². The number of nitrogens with one attached hydrogen (secondary N) is 1. The van der Waals surface area contributed by atoms with Gasteiger partial charge in [-0.05, 0) is 48.8 Å². The van der Waals surface area contributed by atoms with Crippen molar-refractivity contribution in [2.24, 2.45) is 0 Å². The van der Waals surface area contributed by atoms with Crippen LogP contribution in [0.1, 0.15) is 29.5 Å². The van der Waals surface area contributed by atoms with Crippen molar-refractivity contribution in [1.29, 1.82) is 0 Å². The molecule has 0 bridgehead atoms. The summed E-state index contributed by atoms with van der Waals surface area (Å²) in [6.07, 6.45) is -1.54. The Kier molecular flexibility index (Phi) is 9.79. The molecule has 9 nitrogen and oxygen atoms in total. The summed E-state index contributed by atoms with van der Waals surface area (Å²) in [6, 6.07) is 1.53. The van der Waals surface area contributed by atoms with E-state index >= 15 is 0 Å². The number of alkyl halides is 6. The van der Waals surface area contributed by atoms with Crippen molar-refractivity contribution in [2.45, 2.75) is 38.0 Å². The smallest absolute Gasteiger partial charge is 0.416 e. The molecule has 1 saturated heterocycles. The van der Waals surface area contributed by atoms with Crippen LogP contribution in [0.2, 0.25) is 0 Å². The van der Waals surface area contributed by atoms with Crippen molar-refractivity contribution in [3.63, 3.8) is 0 Å². The zero-order valence-electron chi connectivity index (χ0n) is 23.4. The molecule has 0 saturated carbocycles. The number of sulfone groups is 1. The molecule has 1 unspecified atom stereocenters. The highest BCUT2D eigenvalue weighted by Crippen LogP contribution is 2.37. The van der Waals surface area contributed by atoms with Gasteiger partial charge in [0.25, 0.3) is 0 Å². The van der Waals surface area contributed by atoms with E-state index in [4.69, 9.17) is 9.47 Å². The van der Waals surface area contributed by atoms with Crippen LogP contribution in [0.15, 0.2) is 54.1 Å². The number of ether oxygens (including phenoxy) is 2. The summed E-state index contributed by atoms with van der Waals surface area (Å²) >= 11 is 0. The second-order valence-corrected chi connectivity index (χ2v) is 12.4. The maximum Gasteiger partial charge on any atom is 0.416 e. The van der Waals surface area contributed by atoms with Crippen molar-refractivity contribution < 1.29 is 44.2 Å². The Morgan fingerprint density at radius 2 is 1.60 bits per heavy atom. The van der Waals surface area contributed by atoms with E-state index in [1.807, 2.05) is 6.08 Å². The Morgan fingerprint density at radius 1 is 1.00 bits per heavy atom. The summed E-state index contributed by atoms with van der Waals surface area (Å²) in [7, 11) is -1.81. The lowest BCUT2D eigenvalue weighted by Gasteiger charge is -2.39. The number of likely N-dealkylation sites (tertiary alicyclic amines) is 1. The predicted molar refractivity (Wildman–Crippen MR) is 145 cm³/mol. The third kappa shape index (κ3) is 8.75.